The highest BCUT2D eigenvalue weighted by Crippen LogP contribution is 2.35. The number of nitrogens with one attached hydrogen (secondary N) is 1. The third-order valence-corrected chi connectivity index (χ3v) is 3.19. The number of para-hydroxylation sites is 2. The second kappa shape index (κ2) is 6.15. The topological polar surface area (TPSA) is 47.3 Å². The number of halogens is 4. The van der Waals surface area contributed by atoms with Crippen molar-refractivity contribution >= 4 is 40.3 Å². The molecule has 0 aliphatic rings. The molecule has 0 radical (unpaired) electrons. The molecule has 2 aromatic rings. The fourth-order valence-electron chi connectivity index (χ4n) is 1.58. The normalized spacial score (nSPS) is 10.7. The summed E-state index contributed by atoms with van der Waals surface area (Å²) in [7, 11) is 0. The zero-order valence-corrected chi connectivity index (χ0v) is 11.6. The predicted octanol–water partition coefficient (Wildman–Crippen LogP) is 4.92. The van der Waals surface area contributed by atoms with Crippen molar-refractivity contribution in [1.82, 2.24) is 0 Å². The molecule has 0 fully saturated rings. The fraction of sp³-hybridized carbons (Fsp3) is 0.0769. The molecule has 0 unspecified atom stereocenters. The van der Waals surface area contributed by atoms with E-state index in [0.29, 0.717) is 27.1 Å². The van der Waals surface area contributed by atoms with Gasteiger partial charge in [-0.3, -0.25) is 0 Å². The lowest BCUT2D eigenvalue weighted by atomic mass is 10.2. The van der Waals surface area contributed by atoms with Gasteiger partial charge in [0, 0.05) is 0 Å². The summed E-state index contributed by atoms with van der Waals surface area (Å²) in [5, 5.41) is 3.50. The maximum absolute atomic E-state index is 12.3. The lowest BCUT2D eigenvalue weighted by Crippen LogP contribution is -2.05. The largest absolute Gasteiger partial charge is 0.433 e. The molecule has 0 aromatic heterocycles. The average Bonchev–Trinajstić information content (AvgIpc) is 2.37. The van der Waals surface area contributed by atoms with Crippen LogP contribution in [0.5, 0.6) is 5.75 Å². The van der Waals surface area contributed by atoms with Crippen LogP contribution in [-0.4, -0.2) is 6.61 Å². The molecular weight excluding hydrogens is 309 g/mol. The summed E-state index contributed by atoms with van der Waals surface area (Å²) in [5.41, 5.74) is 6.93. The Morgan fingerprint density at radius 1 is 1.05 bits per heavy atom. The minimum atomic E-state index is -2.91. The molecule has 0 atom stereocenters. The minimum Gasteiger partial charge on any atom is -0.433 e. The van der Waals surface area contributed by atoms with Crippen LogP contribution in [0.2, 0.25) is 10.0 Å². The average molecular weight is 319 g/mol. The number of benzene rings is 2. The van der Waals surface area contributed by atoms with Crippen molar-refractivity contribution in [3.63, 3.8) is 0 Å². The Hall–Kier alpha value is -1.72. The fourth-order valence-corrected chi connectivity index (χ4v) is 1.92. The zero-order chi connectivity index (χ0) is 14.7. The van der Waals surface area contributed by atoms with Crippen LogP contribution < -0.4 is 15.8 Å². The van der Waals surface area contributed by atoms with E-state index >= 15 is 0 Å². The van der Waals surface area contributed by atoms with Crippen LogP contribution >= 0.6 is 23.2 Å². The molecule has 0 saturated heterocycles. The van der Waals surface area contributed by atoms with Gasteiger partial charge in [-0.25, -0.2) is 0 Å². The second-order valence-corrected chi connectivity index (χ2v) is 4.67. The summed E-state index contributed by atoms with van der Waals surface area (Å²) < 4.78 is 29.1. The van der Waals surface area contributed by atoms with Gasteiger partial charge in [-0.05, 0) is 24.3 Å². The maximum atomic E-state index is 12.3. The number of hydrogen-bond donors (Lipinski definition) is 2. The lowest BCUT2D eigenvalue weighted by molar-refractivity contribution is -0.0493. The van der Waals surface area contributed by atoms with Gasteiger partial charge >= 0.3 is 6.61 Å². The number of anilines is 3. The van der Waals surface area contributed by atoms with Crippen LogP contribution in [0.25, 0.3) is 0 Å². The van der Waals surface area contributed by atoms with Gasteiger partial charge in [0.25, 0.3) is 0 Å². The summed E-state index contributed by atoms with van der Waals surface area (Å²) >= 11 is 11.7. The van der Waals surface area contributed by atoms with Crippen molar-refractivity contribution < 1.29 is 13.5 Å². The van der Waals surface area contributed by atoms with Crippen LogP contribution in [0.15, 0.2) is 36.4 Å². The molecule has 0 spiro atoms. The first kappa shape index (κ1) is 14.7. The number of alkyl halides is 2. The molecule has 20 heavy (non-hydrogen) atoms. The number of nitrogen functional groups attached to an aromatic ring is 1. The van der Waals surface area contributed by atoms with Gasteiger partial charge in [0.2, 0.25) is 0 Å². The van der Waals surface area contributed by atoms with Gasteiger partial charge in [-0.15, -0.1) is 0 Å². The Labute approximate surface area is 124 Å². The molecule has 106 valence electrons. The highest BCUT2D eigenvalue weighted by Gasteiger charge is 2.11. The van der Waals surface area contributed by atoms with Gasteiger partial charge in [-0.2, -0.15) is 8.78 Å². The smallest absolute Gasteiger partial charge is 0.387 e. The number of hydrogen-bond acceptors (Lipinski definition) is 3. The van der Waals surface area contributed by atoms with Gasteiger partial charge in [0.15, 0.2) is 0 Å². The third kappa shape index (κ3) is 3.43. The van der Waals surface area contributed by atoms with E-state index in [9.17, 15) is 8.78 Å². The number of rotatable bonds is 4. The van der Waals surface area contributed by atoms with Crippen molar-refractivity contribution in [2.45, 2.75) is 6.61 Å². The number of nitrogens with two attached hydrogens (primary N) is 1. The van der Waals surface area contributed by atoms with Gasteiger partial charge < -0.3 is 15.8 Å². The molecule has 0 bridgehead atoms. The summed E-state index contributed by atoms with van der Waals surface area (Å²) in [6.07, 6.45) is 0. The van der Waals surface area contributed by atoms with Gasteiger partial charge in [0.1, 0.15) is 5.75 Å². The molecule has 7 heteroatoms. The minimum absolute atomic E-state index is 0.00738. The highest BCUT2D eigenvalue weighted by atomic mass is 35.5. The highest BCUT2D eigenvalue weighted by molar-refractivity contribution is 6.42. The van der Waals surface area contributed by atoms with E-state index in [1.165, 1.54) is 18.2 Å². The van der Waals surface area contributed by atoms with Crippen LogP contribution in [0.3, 0.4) is 0 Å². The maximum Gasteiger partial charge on any atom is 0.387 e. The Balaban J connectivity index is 2.33. The van der Waals surface area contributed by atoms with E-state index in [4.69, 9.17) is 28.9 Å². The molecule has 3 nitrogen and oxygen atoms in total. The molecular formula is C13H10Cl2F2N2O. The van der Waals surface area contributed by atoms with E-state index in [1.54, 1.807) is 18.2 Å². The molecule has 2 aromatic carbocycles. The molecule has 0 amide bonds. The first-order chi connectivity index (χ1) is 9.47. The zero-order valence-electron chi connectivity index (χ0n) is 10.0. The van der Waals surface area contributed by atoms with Gasteiger partial charge in [0.05, 0.1) is 27.1 Å². The SMILES string of the molecule is Nc1cc(Cl)c(Cl)cc1Nc1ccccc1OC(F)F. The Bertz CT molecular complexity index is 623. The molecule has 0 heterocycles. The Morgan fingerprint density at radius 2 is 1.70 bits per heavy atom. The first-order valence-corrected chi connectivity index (χ1v) is 6.28. The van der Waals surface area contributed by atoms with Crippen LogP contribution in [0.4, 0.5) is 25.8 Å². The Kier molecular flexibility index (Phi) is 4.52. The van der Waals surface area contributed by atoms with E-state index in [0.717, 1.165) is 0 Å². The molecule has 3 N–H and O–H groups in total. The van der Waals surface area contributed by atoms with Crippen LogP contribution in [0.1, 0.15) is 0 Å². The number of ether oxygens (including phenoxy) is 1. The second-order valence-electron chi connectivity index (χ2n) is 3.85. The van der Waals surface area contributed by atoms with Crippen molar-refractivity contribution in [2.24, 2.45) is 0 Å². The van der Waals surface area contributed by atoms with Crippen molar-refractivity contribution in [1.29, 1.82) is 0 Å². The van der Waals surface area contributed by atoms with Crippen molar-refractivity contribution in [2.75, 3.05) is 11.1 Å². The van der Waals surface area contributed by atoms with E-state index in [2.05, 4.69) is 10.1 Å². The van der Waals surface area contributed by atoms with E-state index in [1.807, 2.05) is 0 Å². The summed E-state index contributed by atoms with van der Waals surface area (Å²) in [6.45, 7) is -2.91. The van der Waals surface area contributed by atoms with E-state index in [-0.39, 0.29) is 5.75 Å². The summed E-state index contributed by atoms with van der Waals surface area (Å²) in [5.74, 6) is 0.00738. The lowest BCUT2D eigenvalue weighted by Gasteiger charge is -2.14. The van der Waals surface area contributed by atoms with Crippen molar-refractivity contribution in [3.8, 4) is 5.75 Å². The molecule has 0 aliphatic carbocycles. The summed E-state index contributed by atoms with van der Waals surface area (Å²) in [6, 6.07) is 9.25. The first-order valence-electron chi connectivity index (χ1n) is 5.52. The molecule has 2 rings (SSSR count). The monoisotopic (exact) mass is 318 g/mol. The standard InChI is InChI=1S/C13H10Cl2F2N2O/c14-7-5-9(18)11(6-8(7)15)19-10-3-1-2-4-12(10)20-13(16)17/h1-6,13,19H,18H2. The van der Waals surface area contributed by atoms with E-state index < -0.39 is 6.61 Å². The molecule has 0 saturated carbocycles. The van der Waals surface area contributed by atoms with Crippen LogP contribution in [0, 0.1) is 0 Å². The molecule has 0 aliphatic heterocycles. The quantitative estimate of drug-likeness (QED) is 0.786. The third-order valence-electron chi connectivity index (χ3n) is 2.46. The summed E-state index contributed by atoms with van der Waals surface area (Å²) in [4.78, 5) is 0. The van der Waals surface area contributed by atoms with Crippen molar-refractivity contribution in [3.05, 3.63) is 46.4 Å². The van der Waals surface area contributed by atoms with Crippen LogP contribution in [-0.2, 0) is 0 Å². The van der Waals surface area contributed by atoms with Gasteiger partial charge in [-0.1, -0.05) is 35.3 Å². The predicted molar refractivity (Wildman–Crippen MR) is 77.2 cm³/mol. The Morgan fingerprint density at radius 3 is 2.40 bits per heavy atom.